The van der Waals surface area contributed by atoms with E-state index >= 15 is 0 Å². The van der Waals surface area contributed by atoms with Crippen LogP contribution in [0.4, 0.5) is 0 Å². The number of rotatable bonds is 2. The summed E-state index contributed by atoms with van der Waals surface area (Å²) >= 11 is 0. The van der Waals surface area contributed by atoms with E-state index in [0.29, 0.717) is 11.0 Å². The summed E-state index contributed by atoms with van der Waals surface area (Å²) in [5.41, 5.74) is 1.99. The fourth-order valence-corrected chi connectivity index (χ4v) is 1.65. The molecule has 18 heavy (non-hydrogen) atoms. The second kappa shape index (κ2) is 3.92. The van der Waals surface area contributed by atoms with Crippen molar-refractivity contribution in [2.24, 2.45) is 0 Å². The molecule has 0 aliphatic rings. The van der Waals surface area contributed by atoms with Gasteiger partial charge in [0, 0.05) is 6.20 Å². The first kappa shape index (κ1) is 10.4. The van der Waals surface area contributed by atoms with Crippen molar-refractivity contribution >= 4 is 17.0 Å². The zero-order chi connectivity index (χ0) is 12.5. The van der Waals surface area contributed by atoms with Gasteiger partial charge in [0.15, 0.2) is 0 Å². The summed E-state index contributed by atoms with van der Waals surface area (Å²) in [5.74, 6) is -1.05. The molecule has 0 unspecified atom stereocenters. The highest BCUT2D eigenvalue weighted by Crippen LogP contribution is 2.13. The summed E-state index contributed by atoms with van der Waals surface area (Å²) in [6, 6.07) is 6.73. The Morgan fingerprint density at radius 3 is 2.83 bits per heavy atom. The molecule has 3 heterocycles. The molecule has 1 N–H and O–H groups in total. The Morgan fingerprint density at radius 1 is 1.22 bits per heavy atom. The molecular weight excluding hydrogens is 232 g/mol. The van der Waals surface area contributed by atoms with Crippen molar-refractivity contribution in [3.63, 3.8) is 0 Å². The molecule has 0 fully saturated rings. The summed E-state index contributed by atoms with van der Waals surface area (Å²) in [5, 5.41) is 13.2. The van der Waals surface area contributed by atoms with Crippen LogP contribution in [0.15, 0.2) is 42.9 Å². The standard InChI is InChI=1S/C12H8N4O2/c17-12(18)10-4-3-9-11(14-10)7-16(15-9)8-2-1-5-13-6-8/h1-7H,(H,17,18). The maximum Gasteiger partial charge on any atom is 0.354 e. The number of hydrogen-bond donors (Lipinski definition) is 1. The number of nitrogens with zero attached hydrogens (tertiary/aromatic N) is 4. The largest absolute Gasteiger partial charge is 0.477 e. The zero-order valence-electron chi connectivity index (χ0n) is 9.19. The summed E-state index contributed by atoms with van der Waals surface area (Å²) in [6.45, 7) is 0. The molecule has 0 saturated heterocycles. The topological polar surface area (TPSA) is 80.9 Å². The highest BCUT2D eigenvalue weighted by atomic mass is 16.4. The molecule has 0 aliphatic carbocycles. The number of fused-ring (bicyclic) bond motifs is 1. The minimum Gasteiger partial charge on any atom is -0.477 e. The van der Waals surface area contributed by atoms with Gasteiger partial charge in [-0.2, -0.15) is 5.10 Å². The highest BCUT2D eigenvalue weighted by molar-refractivity contribution is 5.88. The molecule has 0 spiro atoms. The molecule has 0 saturated carbocycles. The molecule has 0 aromatic carbocycles. The van der Waals surface area contributed by atoms with E-state index in [1.54, 1.807) is 35.4 Å². The van der Waals surface area contributed by atoms with Crippen molar-refractivity contribution in [1.82, 2.24) is 19.7 Å². The molecule has 0 radical (unpaired) electrons. The third-order valence-electron chi connectivity index (χ3n) is 2.49. The third-order valence-corrected chi connectivity index (χ3v) is 2.49. The predicted octanol–water partition coefficient (Wildman–Crippen LogP) is 1.51. The van der Waals surface area contributed by atoms with Gasteiger partial charge in [-0.05, 0) is 24.3 Å². The van der Waals surface area contributed by atoms with Crippen LogP contribution >= 0.6 is 0 Å². The molecule has 3 rings (SSSR count). The van der Waals surface area contributed by atoms with E-state index in [0.717, 1.165) is 5.69 Å². The number of carboxylic acid groups (broad SMARTS) is 1. The Bertz CT molecular complexity index is 721. The Hall–Kier alpha value is -2.76. The summed E-state index contributed by atoms with van der Waals surface area (Å²) < 4.78 is 1.62. The first-order valence-electron chi connectivity index (χ1n) is 5.24. The van der Waals surface area contributed by atoms with Gasteiger partial charge in [0.05, 0.1) is 18.1 Å². The van der Waals surface area contributed by atoms with Crippen molar-refractivity contribution < 1.29 is 9.90 Å². The molecule has 6 nitrogen and oxygen atoms in total. The fraction of sp³-hybridized carbons (Fsp3) is 0. The van der Waals surface area contributed by atoms with E-state index in [1.807, 2.05) is 6.07 Å². The lowest BCUT2D eigenvalue weighted by molar-refractivity contribution is 0.0691. The van der Waals surface area contributed by atoms with E-state index in [1.165, 1.54) is 6.07 Å². The van der Waals surface area contributed by atoms with Crippen molar-refractivity contribution in [1.29, 1.82) is 0 Å². The van der Waals surface area contributed by atoms with Gasteiger partial charge in [0.2, 0.25) is 0 Å². The predicted molar refractivity (Wildman–Crippen MR) is 63.6 cm³/mol. The molecule has 6 heteroatoms. The van der Waals surface area contributed by atoms with Crippen LogP contribution in [0, 0.1) is 0 Å². The Labute approximate surface area is 102 Å². The van der Waals surface area contributed by atoms with Gasteiger partial charge in [-0.3, -0.25) is 4.98 Å². The van der Waals surface area contributed by atoms with E-state index < -0.39 is 5.97 Å². The van der Waals surface area contributed by atoms with E-state index in [4.69, 9.17) is 5.11 Å². The van der Waals surface area contributed by atoms with Crippen LogP contribution in [-0.4, -0.2) is 30.8 Å². The van der Waals surface area contributed by atoms with Crippen molar-refractivity contribution in [3.8, 4) is 5.69 Å². The van der Waals surface area contributed by atoms with Crippen LogP contribution in [-0.2, 0) is 0 Å². The molecule has 0 aliphatic heterocycles. The molecular formula is C12H8N4O2. The second-order valence-electron chi connectivity index (χ2n) is 3.69. The number of hydrogen-bond acceptors (Lipinski definition) is 4. The lowest BCUT2D eigenvalue weighted by Crippen LogP contribution is -1.98. The third kappa shape index (κ3) is 1.69. The van der Waals surface area contributed by atoms with Crippen molar-refractivity contribution in [2.75, 3.05) is 0 Å². The van der Waals surface area contributed by atoms with E-state index in [9.17, 15) is 4.79 Å². The first-order chi connectivity index (χ1) is 8.74. The Balaban J connectivity index is 2.14. The van der Waals surface area contributed by atoms with Gasteiger partial charge < -0.3 is 5.11 Å². The summed E-state index contributed by atoms with van der Waals surface area (Å²) in [4.78, 5) is 18.8. The fourth-order valence-electron chi connectivity index (χ4n) is 1.65. The summed E-state index contributed by atoms with van der Waals surface area (Å²) in [6.07, 6.45) is 5.02. The molecule has 3 aromatic rings. The second-order valence-corrected chi connectivity index (χ2v) is 3.69. The van der Waals surface area contributed by atoms with Gasteiger partial charge in [-0.25, -0.2) is 14.5 Å². The molecule has 0 bridgehead atoms. The Kier molecular flexibility index (Phi) is 2.26. The van der Waals surface area contributed by atoms with Gasteiger partial charge >= 0.3 is 5.97 Å². The van der Waals surface area contributed by atoms with Crippen molar-refractivity contribution in [3.05, 3.63) is 48.5 Å². The average molecular weight is 240 g/mol. The minimum atomic E-state index is -1.05. The van der Waals surface area contributed by atoms with E-state index in [2.05, 4.69) is 15.1 Å². The van der Waals surface area contributed by atoms with Crippen LogP contribution in [0.1, 0.15) is 10.5 Å². The van der Waals surface area contributed by atoms with Crippen LogP contribution in [0.5, 0.6) is 0 Å². The normalized spacial score (nSPS) is 10.7. The van der Waals surface area contributed by atoms with Gasteiger partial charge in [-0.15, -0.1) is 0 Å². The monoisotopic (exact) mass is 240 g/mol. The average Bonchev–Trinajstić information content (AvgIpc) is 2.82. The number of carboxylic acids is 1. The molecule has 88 valence electrons. The number of aromatic nitrogens is 4. The lowest BCUT2D eigenvalue weighted by atomic mass is 10.3. The number of aromatic carboxylic acids is 1. The van der Waals surface area contributed by atoms with Crippen LogP contribution < -0.4 is 0 Å². The molecule has 3 aromatic heterocycles. The van der Waals surface area contributed by atoms with Crippen LogP contribution in [0.3, 0.4) is 0 Å². The zero-order valence-corrected chi connectivity index (χ0v) is 9.19. The lowest BCUT2D eigenvalue weighted by Gasteiger charge is -1.97. The SMILES string of the molecule is O=C(O)c1ccc2nn(-c3cccnc3)cc2n1. The maximum atomic E-state index is 10.8. The number of pyridine rings is 2. The van der Waals surface area contributed by atoms with E-state index in [-0.39, 0.29) is 5.69 Å². The van der Waals surface area contributed by atoms with Crippen molar-refractivity contribution in [2.45, 2.75) is 0 Å². The highest BCUT2D eigenvalue weighted by Gasteiger charge is 2.08. The van der Waals surface area contributed by atoms with Gasteiger partial charge in [0.25, 0.3) is 0 Å². The summed E-state index contributed by atoms with van der Waals surface area (Å²) in [7, 11) is 0. The van der Waals surface area contributed by atoms with Crippen LogP contribution in [0.25, 0.3) is 16.7 Å². The van der Waals surface area contributed by atoms with Gasteiger partial charge in [0.1, 0.15) is 16.7 Å². The van der Waals surface area contributed by atoms with Gasteiger partial charge in [-0.1, -0.05) is 0 Å². The molecule has 0 amide bonds. The smallest absolute Gasteiger partial charge is 0.354 e. The maximum absolute atomic E-state index is 10.8. The quantitative estimate of drug-likeness (QED) is 0.734. The minimum absolute atomic E-state index is 0.00763. The number of carbonyl (C=O) groups is 1. The Morgan fingerprint density at radius 2 is 2.11 bits per heavy atom. The molecule has 0 atom stereocenters. The first-order valence-corrected chi connectivity index (χ1v) is 5.24. The van der Waals surface area contributed by atoms with Crippen LogP contribution in [0.2, 0.25) is 0 Å².